The van der Waals surface area contributed by atoms with Crippen LogP contribution in [0.3, 0.4) is 0 Å². The monoisotopic (exact) mass is 564 g/mol. The summed E-state index contributed by atoms with van der Waals surface area (Å²) in [4.78, 5) is 17.4. The highest BCUT2D eigenvalue weighted by Crippen LogP contribution is 2.32. The Morgan fingerprint density at radius 2 is 1.55 bits per heavy atom. The van der Waals surface area contributed by atoms with E-state index in [1.165, 1.54) is 5.56 Å². The topological polar surface area (TPSA) is 71.5 Å². The second kappa shape index (κ2) is 14.1. The molecule has 0 aliphatic carbocycles. The normalized spacial score (nSPS) is 17.6. The van der Waals surface area contributed by atoms with E-state index in [9.17, 15) is 9.90 Å². The average Bonchev–Trinajstić information content (AvgIpc) is 3.13. The Labute approximate surface area is 241 Å². The van der Waals surface area contributed by atoms with Crippen LogP contribution in [-0.4, -0.2) is 73.4 Å². The van der Waals surface area contributed by atoms with Crippen molar-refractivity contribution in [3.63, 3.8) is 0 Å². The predicted molar refractivity (Wildman–Crippen MR) is 155 cm³/mol. The third-order valence-corrected chi connectivity index (χ3v) is 7.88. The van der Waals surface area contributed by atoms with Crippen LogP contribution in [0.5, 0.6) is 11.5 Å². The van der Waals surface area contributed by atoms with Gasteiger partial charge >= 0.3 is 0 Å². The quantitative estimate of drug-likeness (QED) is 0.409. The molecule has 1 N–H and O–H groups in total. The summed E-state index contributed by atoms with van der Waals surface area (Å²) >= 11 is 5.99. The fraction of sp³-hybridized carbons (Fsp3) is 0.406. The smallest absolute Gasteiger partial charge is 0.253 e. The van der Waals surface area contributed by atoms with E-state index in [4.69, 9.17) is 25.8 Å². The molecule has 3 aromatic rings. The van der Waals surface area contributed by atoms with Crippen molar-refractivity contribution in [3.05, 3.63) is 94.0 Å². The molecule has 1 amide bonds. The number of rotatable bonds is 7. The fourth-order valence-electron chi connectivity index (χ4n) is 5.26. The molecule has 212 valence electrons. The number of ether oxygens (including phenoxy) is 3. The van der Waals surface area contributed by atoms with Gasteiger partial charge in [-0.1, -0.05) is 29.8 Å². The molecular weight excluding hydrogens is 528 g/mol. The fourth-order valence-corrected chi connectivity index (χ4v) is 5.39. The number of hydrogen-bond donors (Lipinski definition) is 1. The molecule has 2 aliphatic rings. The molecule has 7 nitrogen and oxygen atoms in total. The van der Waals surface area contributed by atoms with Crippen molar-refractivity contribution in [1.29, 1.82) is 0 Å². The van der Waals surface area contributed by atoms with Gasteiger partial charge in [-0.15, -0.1) is 0 Å². The Bertz CT molecular complexity index is 1230. The zero-order chi connectivity index (χ0) is 27.7. The van der Waals surface area contributed by atoms with Gasteiger partial charge in [-0.3, -0.25) is 9.69 Å². The molecular formula is C32H37ClN2O5. The van der Waals surface area contributed by atoms with Gasteiger partial charge in [0, 0.05) is 62.1 Å². The van der Waals surface area contributed by atoms with Crippen LogP contribution in [-0.2, 0) is 22.6 Å². The Morgan fingerprint density at radius 3 is 2.20 bits per heavy atom. The lowest BCUT2D eigenvalue weighted by Gasteiger charge is -2.34. The molecule has 0 atom stereocenters. The maximum Gasteiger partial charge on any atom is 0.253 e. The molecule has 0 radical (unpaired) electrons. The number of aliphatic hydroxyl groups is 1. The Kier molecular flexibility index (Phi) is 10.1. The number of halogens is 1. The van der Waals surface area contributed by atoms with Crippen molar-refractivity contribution in [1.82, 2.24) is 9.80 Å². The van der Waals surface area contributed by atoms with E-state index in [1.807, 2.05) is 65.6 Å². The summed E-state index contributed by atoms with van der Waals surface area (Å²) < 4.78 is 17.4. The minimum atomic E-state index is -0.122. The van der Waals surface area contributed by atoms with E-state index in [0.29, 0.717) is 62.5 Å². The van der Waals surface area contributed by atoms with Gasteiger partial charge in [-0.05, 0) is 78.4 Å². The van der Waals surface area contributed by atoms with Crippen LogP contribution in [0.2, 0.25) is 5.02 Å². The van der Waals surface area contributed by atoms with Gasteiger partial charge in [0.2, 0.25) is 0 Å². The highest BCUT2D eigenvalue weighted by atomic mass is 35.5. The van der Waals surface area contributed by atoms with Crippen LogP contribution in [0.15, 0.2) is 66.7 Å². The van der Waals surface area contributed by atoms with Crippen molar-refractivity contribution in [3.8, 4) is 11.5 Å². The molecule has 3 aromatic carbocycles. The molecule has 0 unspecified atom stereocenters. The van der Waals surface area contributed by atoms with Crippen LogP contribution in [0, 0.1) is 0 Å². The summed E-state index contributed by atoms with van der Waals surface area (Å²) in [6.07, 6.45) is 1.84. The van der Waals surface area contributed by atoms with Crippen molar-refractivity contribution in [2.75, 3.05) is 52.6 Å². The maximum atomic E-state index is 13.1. The Balaban J connectivity index is 1.16. The van der Waals surface area contributed by atoms with Crippen LogP contribution in [0.4, 0.5) is 0 Å². The van der Waals surface area contributed by atoms with Gasteiger partial charge in [0.15, 0.2) is 0 Å². The third kappa shape index (κ3) is 7.62. The van der Waals surface area contributed by atoms with E-state index >= 15 is 0 Å². The van der Waals surface area contributed by atoms with E-state index < -0.39 is 0 Å². The SMILES string of the molecule is O=C(c1ccc(Oc2ccc(C3CCOCCOCC3)cc2CO)cc1)N1CCN(Cc2ccc(Cl)cc2)CC1. The van der Waals surface area contributed by atoms with E-state index in [-0.39, 0.29) is 12.5 Å². The van der Waals surface area contributed by atoms with Gasteiger partial charge in [0.05, 0.1) is 19.8 Å². The molecule has 2 heterocycles. The largest absolute Gasteiger partial charge is 0.457 e. The molecule has 0 spiro atoms. The number of carbonyl (C=O) groups is 1. The average molecular weight is 565 g/mol. The van der Waals surface area contributed by atoms with Gasteiger partial charge in [-0.2, -0.15) is 0 Å². The number of benzene rings is 3. The predicted octanol–water partition coefficient (Wildman–Crippen LogP) is 5.49. The molecule has 2 fully saturated rings. The second-order valence-electron chi connectivity index (χ2n) is 10.3. The number of carbonyl (C=O) groups excluding carboxylic acids is 1. The number of piperazine rings is 1. The minimum Gasteiger partial charge on any atom is -0.457 e. The van der Waals surface area contributed by atoms with Crippen LogP contribution < -0.4 is 4.74 Å². The first-order chi connectivity index (χ1) is 19.6. The van der Waals surface area contributed by atoms with Gasteiger partial charge in [0.25, 0.3) is 5.91 Å². The van der Waals surface area contributed by atoms with Crippen molar-refractivity contribution in [2.45, 2.75) is 31.9 Å². The zero-order valence-electron chi connectivity index (χ0n) is 22.8. The van der Waals surface area contributed by atoms with Gasteiger partial charge < -0.3 is 24.2 Å². The van der Waals surface area contributed by atoms with Crippen LogP contribution in [0.25, 0.3) is 0 Å². The first-order valence-corrected chi connectivity index (χ1v) is 14.4. The van der Waals surface area contributed by atoms with Crippen LogP contribution in [0.1, 0.15) is 45.8 Å². The molecule has 5 rings (SSSR count). The summed E-state index contributed by atoms with van der Waals surface area (Å²) in [6, 6.07) is 21.1. The Hall–Kier alpha value is -2.94. The van der Waals surface area contributed by atoms with Gasteiger partial charge in [0.1, 0.15) is 11.5 Å². The lowest BCUT2D eigenvalue weighted by Crippen LogP contribution is -2.48. The molecule has 0 aromatic heterocycles. The highest BCUT2D eigenvalue weighted by Gasteiger charge is 2.22. The number of hydrogen-bond acceptors (Lipinski definition) is 6. The van der Waals surface area contributed by atoms with Crippen molar-refractivity contribution in [2.24, 2.45) is 0 Å². The van der Waals surface area contributed by atoms with Crippen molar-refractivity contribution < 1.29 is 24.1 Å². The first kappa shape index (κ1) is 28.6. The lowest BCUT2D eigenvalue weighted by atomic mass is 9.91. The van der Waals surface area contributed by atoms with Crippen LogP contribution >= 0.6 is 11.6 Å². The van der Waals surface area contributed by atoms with E-state index in [0.717, 1.165) is 48.6 Å². The summed E-state index contributed by atoms with van der Waals surface area (Å²) in [5.41, 5.74) is 3.75. The summed E-state index contributed by atoms with van der Waals surface area (Å²) in [7, 11) is 0. The number of aliphatic hydroxyl groups excluding tert-OH is 1. The molecule has 0 saturated carbocycles. The number of nitrogens with zero attached hydrogens (tertiary/aromatic N) is 2. The van der Waals surface area contributed by atoms with E-state index in [2.05, 4.69) is 11.0 Å². The molecule has 2 aliphatic heterocycles. The zero-order valence-corrected chi connectivity index (χ0v) is 23.5. The summed E-state index contributed by atoms with van der Waals surface area (Å²) in [5.74, 6) is 1.57. The van der Waals surface area contributed by atoms with Gasteiger partial charge in [-0.25, -0.2) is 0 Å². The molecule has 0 bridgehead atoms. The summed E-state index contributed by atoms with van der Waals surface area (Å²) in [5, 5.41) is 10.8. The maximum absolute atomic E-state index is 13.1. The molecule has 8 heteroatoms. The minimum absolute atomic E-state index is 0.0288. The second-order valence-corrected chi connectivity index (χ2v) is 10.8. The standard InChI is InChI=1S/C32H37ClN2O5/c33-29-6-1-24(2-7-29)22-34-13-15-35(16-14-34)32(37)26-3-8-30(9-4-26)40-31-10-5-27(21-28(31)23-36)25-11-17-38-19-20-39-18-12-25/h1-10,21,25,36H,11-20,22-23H2. The molecule has 40 heavy (non-hydrogen) atoms. The molecule has 2 saturated heterocycles. The van der Waals surface area contributed by atoms with Crippen molar-refractivity contribution >= 4 is 17.5 Å². The highest BCUT2D eigenvalue weighted by molar-refractivity contribution is 6.30. The Morgan fingerprint density at radius 1 is 0.875 bits per heavy atom. The number of amides is 1. The lowest BCUT2D eigenvalue weighted by molar-refractivity contribution is 0.0584. The summed E-state index contributed by atoms with van der Waals surface area (Å²) in [6.45, 7) is 6.44. The first-order valence-electron chi connectivity index (χ1n) is 14.0. The third-order valence-electron chi connectivity index (χ3n) is 7.63. The van der Waals surface area contributed by atoms with E-state index in [1.54, 1.807) is 0 Å².